The monoisotopic (exact) mass is 225 g/mol. The number of carboxylic acids is 1. The summed E-state index contributed by atoms with van der Waals surface area (Å²) in [5.74, 6) is -1.17. The van der Waals surface area contributed by atoms with Crippen molar-refractivity contribution in [3.8, 4) is 0 Å². The van der Waals surface area contributed by atoms with Crippen LogP contribution in [0.2, 0.25) is 0 Å². The zero-order valence-electron chi connectivity index (χ0n) is 9.46. The Labute approximate surface area is 94.3 Å². The lowest BCUT2D eigenvalue weighted by atomic mass is 9.89. The van der Waals surface area contributed by atoms with Gasteiger partial charge in [0.1, 0.15) is 5.82 Å². The van der Waals surface area contributed by atoms with Crippen molar-refractivity contribution in [1.82, 2.24) is 0 Å². The number of aliphatic carboxylic acids is 1. The highest BCUT2D eigenvalue weighted by Gasteiger charge is 2.21. The number of benzene rings is 1. The first-order valence-electron chi connectivity index (χ1n) is 5.11. The largest absolute Gasteiger partial charge is 0.481 e. The molecule has 2 N–H and O–H groups in total. The van der Waals surface area contributed by atoms with Crippen molar-refractivity contribution in [2.24, 2.45) is 5.41 Å². The van der Waals surface area contributed by atoms with Gasteiger partial charge in [0.2, 0.25) is 0 Å². The maximum atomic E-state index is 13.2. The van der Waals surface area contributed by atoms with E-state index in [2.05, 4.69) is 5.32 Å². The number of hydrogen-bond acceptors (Lipinski definition) is 2. The lowest BCUT2D eigenvalue weighted by Gasteiger charge is -2.23. The zero-order chi connectivity index (χ0) is 12.2. The number of hydrogen-bond donors (Lipinski definition) is 2. The quantitative estimate of drug-likeness (QED) is 0.810. The van der Waals surface area contributed by atoms with Gasteiger partial charge in [-0.3, -0.25) is 4.79 Å². The number of carbonyl (C=O) groups is 1. The number of para-hydroxylation sites is 1. The lowest BCUT2D eigenvalue weighted by molar-refractivity contribution is -0.139. The number of anilines is 1. The first-order valence-corrected chi connectivity index (χ1v) is 5.11. The molecule has 0 aliphatic heterocycles. The highest BCUT2D eigenvalue weighted by atomic mass is 19.1. The average molecular weight is 225 g/mol. The Kier molecular flexibility index (Phi) is 3.88. The van der Waals surface area contributed by atoms with Crippen LogP contribution in [0.25, 0.3) is 0 Å². The number of rotatable bonds is 5. The second kappa shape index (κ2) is 4.96. The van der Waals surface area contributed by atoms with Crippen molar-refractivity contribution in [2.45, 2.75) is 20.3 Å². The Morgan fingerprint density at radius 3 is 2.62 bits per heavy atom. The van der Waals surface area contributed by atoms with E-state index in [-0.39, 0.29) is 12.2 Å². The molecule has 0 radical (unpaired) electrons. The molecule has 0 amide bonds. The van der Waals surface area contributed by atoms with Crippen molar-refractivity contribution in [3.63, 3.8) is 0 Å². The van der Waals surface area contributed by atoms with Crippen molar-refractivity contribution in [3.05, 3.63) is 30.1 Å². The average Bonchev–Trinajstić information content (AvgIpc) is 2.14. The van der Waals surface area contributed by atoms with E-state index in [4.69, 9.17) is 5.11 Å². The minimum Gasteiger partial charge on any atom is -0.481 e. The smallest absolute Gasteiger partial charge is 0.303 e. The van der Waals surface area contributed by atoms with E-state index >= 15 is 0 Å². The van der Waals surface area contributed by atoms with Gasteiger partial charge in [-0.2, -0.15) is 0 Å². The van der Waals surface area contributed by atoms with Gasteiger partial charge in [0.25, 0.3) is 0 Å². The van der Waals surface area contributed by atoms with E-state index in [1.807, 2.05) is 13.8 Å². The standard InChI is InChI=1S/C12H16FNO2/c1-12(2,7-11(15)16)8-14-10-6-4-3-5-9(10)13/h3-6,14H,7-8H2,1-2H3,(H,15,16). The molecule has 0 bridgehead atoms. The fraction of sp³-hybridized carbons (Fsp3) is 0.417. The van der Waals surface area contributed by atoms with Crippen molar-refractivity contribution in [1.29, 1.82) is 0 Å². The van der Waals surface area contributed by atoms with Crippen LogP contribution in [-0.2, 0) is 4.79 Å². The third kappa shape index (κ3) is 3.88. The number of carboxylic acid groups (broad SMARTS) is 1. The summed E-state index contributed by atoms with van der Waals surface area (Å²) < 4.78 is 13.2. The summed E-state index contributed by atoms with van der Waals surface area (Å²) >= 11 is 0. The molecule has 0 aliphatic carbocycles. The highest BCUT2D eigenvalue weighted by Crippen LogP contribution is 2.22. The third-order valence-electron chi connectivity index (χ3n) is 2.26. The molecule has 1 rings (SSSR count). The van der Waals surface area contributed by atoms with Gasteiger partial charge in [-0.1, -0.05) is 26.0 Å². The Morgan fingerprint density at radius 1 is 1.44 bits per heavy atom. The predicted octanol–water partition coefficient (Wildman–Crippen LogP) is 2.74. The molecule has 0 heterocycles. The summed E-state index contributed by atoms with van der Waals surface area (Å²) in [6.07, 6.45) is 0.0501. The van der Waals surface area contributed by atoms with E-state index in [9.17, 15) is 9.18 Å². The molecule has 0 fully saturated rings. The summed E-state index contributed by atoms with van der Waals surface area (Å²) in [5, 5.41) is 11.6. The van der Waals surface area contributed by atoms with Crippen LogP contribution in [0.1, 0.15) is 20.3 Å². The predicted molar refractivity (Wildman–Crippen MR) is 60.9 cm³/mol. The zero-order valence-corrected chi connectivity index (χ0v) is 9.46. The van der Waals surface area contributed by atoms with Crippen LogP contribution in [0.5, 0.6) is 0 Å². The van der Waals surface area contributed by atoms with Gasteiger partial charge >= 0.3 is 5.97 Å². The molecule has 3 nitrogen and oxygen atoms in total. The van der Waals surface area contributed by atoms with E-state index < -0.39 is 11.4 Å². The summed E-state index contributed by atoms with van der Waals surface area (Å²) in [7, 11) is 0. The van der Waals surface area contributed by atoms with Crippen molar-refractivity contribution >= 4 is 11.7 Å². The van der Waals surface area contributed by atoms with E-state index in [1.165, 1.54) is 6.07 Å². The van der Waals surface area contributed by atoms with Gasteiger partial charge in [-0.25, -0.2) is 4.39 Å². The van der Waals surface area contributed by atoms with E-state index in [0.717, 1.165) is 0 Å². The Balaban J connectivity index is 2.57. The molecule has 16 heavy (non-hydrogen) atoms. The fourth-order valence-electron chi connectivity index (χ4n) is 1.41. The topological polar surface area (TPSA) is 49.3 Å². The Morgan fingerprint density at radius 2 is 2.06 bits per heavy atom. The second-order valence-corrected chi connectivity index (χ2v) is 4.57. The van der Waals surface area contributed by atoms with Gasteiger partial charge in [-0.15, -0.1) is 0 Å². The van der Waals surface area contributed by atoms with Gasteiger partial charge < -0.3 is 10.4 Å². The molecule has 4 heteroatoms. The molecule has 88 valence electrons. The molecule has 0 spiro atoms. The van der Waals surface area contributed by atoms with Crippen LogP contribution < -0.4 is 5.32 Å². The SMILES string of the molecule is CC(C)(CNc1ccccc1F)CC(=O)O. The van der Waals surface area contributed by atoms with Gasteiger partial charge in [0, 0.05) is 6.54 Å². The molecule has 0 unspecified atom stereocenters. The molecule has 1 aromatic rings. The van der Waals surface area contributed by atoms with Crippen molar-refractivity contribution < 1.29 is 14.3 Å². The third-order valence-corrected chi connectivity index (χ3v) is 2.26. The minimum atomic E-state index is -0.847. The Hall–Kier alpha value is -1.58. The summed E-state index contributed by atoms with van der Waals surface area (Å²) in [6.45, 7) is 4.07. The summed E-state index contributed by atoms with van der Waals surface area (Å²) in [6, 6.07) is 6.34. The number of nitrogens with one attached hydrogen (secondary N) is 1. The molecule has 0 atom stereocenters. The van der Waals surface area contributed by atoms with Gasteiger partial charge in [0.05, 0.1) is 12.1 Å². The lowest BCUT2D eigenvalue weighted by Crippen LogP contribution is -2.26. The first-order chi connectivity index (χ1) is 7.41. The molecule has 1 aromatic carbocycles. The van der Waals surface area contributed by atoms with E-state index in [1.54, 1.807) is 18.2 Å². The van der Waals surface area contributed by atoms with Crippen LogP contribution in [0.4, 0.5) is 10.1 Å². The van der Waals surface area contributed by atoms with Crippen LogP contribution in [0, 0.1) is 11.2 Å². The molecular weight excluding hydrogens is 209 g/mol. The highest BCUT2D eigenvalue weighted by molar-refractivity contribution is 5.67. The molecule has 0 aromatic heterocycles. The number of halogens is 1. The Bertz CT molecular complexity index is 377. The van der Waals surface area contributed by atoms with E-state index in [0.29, 0.717) is 12.2 Å². The fourth-order valence-corrected chi connectivity index (χ4v) is 1.41. The molecule has 0 saturated heterocycles. The van der Waals surface area contributed by atoms with Crippen molar-refractivity contribution in [2.75, 3.05) is 11.9 Å². The molecule has 0 aliphatic rings. The summed E-state index contributed by atoms with van der Waals surface area (Å²) in [5.41, 5.74) is -0.00495. The molecular formula is C12H16FNO2. The van der Waals surface area contributed by atoms with Crippen LogP contribution in [-0.4, -0.2) is 17.6 Å². The first kappa shape index (κ1) is 12.5. The minimum absolute atomic E-state index is 0.0501. The van der Waals surface area contributed by atoms with Crippen LogP contribution in [0.3, 0.4) is 0 Å². The van der Waals surface area contributed by atoms with Gasteiger partial charge in [0.15, 0.2) is 0 Å². The molecule has 0 saturated carbocycles. The normalized spacial score (nSPS) is 11.2. The maximum absolute atomic E-state index is 13.2. The van der Waals surface area contributed by atoms with Crippen LogP contribution in [0.15, 0.2) is 24.3 Å². The summed E-state index contributed by atoms with van der Waals surface area (Å²) in [4.78, 5) is 10.6. The maximum Gasteiger partial charge on any atom is 0.303 e. The second-order valence-electron chi connectivity index (χ2n) is 4.57. The van der Waals surface area contributed by atoms with Gasteiger partial charge in [-0.05, 0) is 17.5 Å². The van der Waals surface area contributed by atoms with Crippen LogP contribution >= 0.6 is 0 Å².